The normalized spacial score (nSPS) is 21.0. The SMILES string of the molecule is Cc1ccc(N2CCN(C(C)c3nc(C4CC4)no3)CC2=O)o1. The van der Waals surface area contributed by atoms with E-state index in [-0.39, 0.29) is 11.9 Å². The number of amides is 1. The molecule has 1 aliphatic heterocycles. The van der Waals surface area contributed by atoms with Crippen LogP contribution in [-0.4, -0.2) is 40.6 Å². The minimum atomic E-state index is -0.0561. The summed E-state index contributed by atoms with van der Waals surface area (Å²) in [6, 6.07) is 3.65. The standard InChI is InChI=1S/C16H20N4O3/c1-10-3-6-14(22-10)20-8-7-19(9-13(20)21)11(2)16-17-15(18-23-16)12-4-5-12/h3,6,11-12H,4-5,7-9H2,1-2H3. The predicted molar refractivity (Wildman–Crippen MR) is 82.1 cm³/mol. The first-order valence-corrected chi connectivity index (χ1v) is 8.06. The number of hydrogen-bond acceptors (Lipinski definition) is 6. The highest BCUT2D eigenvalue weighted by Gasteiger charge is 2.34. The Bertz CT molecular complexity index is 718. The van der Waals surface area contributed by atoms with Crippen molar-refractivity contribution in [1.82, 2.24) is 15.0 Å². The fraction of sp³-hybridized carbons (Fsp3) is 0.562. The lowest BCUT2D eigenvalue weighted by atomic mass is 10.2. The summed E-state index contributed by atoms with van der Waals surface area (Å²) in [5.74, 6) is 3.33. The van der Waals surface area contributed by atoms with Crippen LogP contribution in [0.1, 0.15) is 49.2 Å². The van der Waals surface area contributed by atoms with Gasteiger partial charge in [-0.15, -0.1) is 0 Å². The van der Waals surface area contributed by atoms with Crippen LogP contribution < -0.4 is 4.90 Å². The molecule has 7 heteroatoms. The van der Waals surface area contributed by atoms with Crippen LogP contribution in [0.3, 0.4) is 0 Å². The highest BCUT2D eigenvalue weighted by atomic mass is 16.5. The molecule has 1 atom stereocenters. The van der Waals surface area contributed by atoms with Gasteiger partial charge in [0.1, 0.15) is 5.76 Å². The lowest BCUT2D eigenvalue weighted by Crippen LogP contribution is -2.51. The average Bonchev–Trinajstić information content (AvgIpc) is 3.11. The van der Waals surface area contributed by atoms with Gasteiger partial charge in [0.2, 0.25) is 17.7 Å². The second-order valence-corrected chi connectivity index (χ2v) is 6.34. The Morgan fingerprint density at radius 1 is 1.30 bits per heavy atom. The van der Waals surface area contributed by atoms with E-state index in [0.717, 1.165) is 31.0 Å². The van der Waals surface area contributed by atoms with E-state index in [2.05, 4.69) is 15.0 Å². The Balaban J connectivity index is 1.43. The van der Waals surface area contributed by atoms with Gasteiger partial charge in [0, 0.05) is 25.1 Å². The van der Waals surface area contributed by atoms with E-state index in [1.54, 1.807) is 4.90 Å². The van der Waals surface area contributed by atoms with Crippen molar-refractivity contribution in [1.29, 1.82) is 0 Å². The molecular formula is C16H20N4O3. The third-order valence-corrected chi connectivity index (χ3v) is 4.55. The molecule has 7 nitrogen and oxygen atoms in total. The molecule has 1 saturated carbocycles. The summed E-state index contributed by atoms with van der Waals surface area (Å²) in [6.45, 7) is 5.54. The molecule has 1 aliphatic carbocycles. The van der Waals surface area contributed by atoms with Gasteiger partial charge in [-0.2, -0.15) is 4.98 Å². The van der Waals surface area contributed by atoms with Crippen LogP contribution in [0.4, 0.5) is 5.88 Å². The number of anilines is 1. The quantitative estimate of drug-likeness (QED) is 0.861. The maximum Gasteiger partial charge on any atom is 0.243 e. The number of carbonyl (C=O) groups is 1. The predicted octanol–water partition coefficient (Wildman–Crippen LogP) is 2.26. The Kier molecular flexibility index (Phi) is 3.45. The van der Waals surface area contributed by atoms with Crippen LogP contribution in [0.25, 0.3) is 0 Å². The molecule has 3 heterocycles. The molecule has 2 aromatic rings. The molecule has 0 radical (unpaired) electrons. The molecule has 1 unspecified atom stereocenters. The number of nitrogens with zero attached hydrogens (tertiary/aromatic N) is 4. The van der Waals surface area contributed by atoms with Crippen LogP contribution in [0.2, 0.25) is 0 Å². The van der Waals surface area contributed by atoms with Gasteiger partial charge in [0.25, 0.3) is 0 Å². The number of carbonyl (C=O) groups excluding carboxylic acids is 1. The van der Waals surface area contributed by atoms with Gasteiger partial charge < -0.3 is 8.94 Å². The van der Waals surface area contributed by atoms with Crippen LogP contribution in [0, 0.1) is 6.92 Å². The Morgan fingerprint density at radius 3 is 2.78 bits per heavy atom. The second kappa shape index (κ2) is 5.49. The van der Waals surface area contributed by atoms with Crippen molar-refractivity contribution in [3.63, 3.8) is 0 Å². The van der Waals surface area contributed by atoms with Crippen molar-refractivity contribution in [2.45, 2.75) is 38.6 Å². The number of furan rings is 1. The summed E-state index contributed by atoms with van der Waals surface area (Å²) in [5.41, 5.74) is 0. The van der Waals surface area contributed by atoms with Crippen molar-refractivity contribution in [2.24, 2.45) is 0 Å². The molecule has 1 amide bonds. The van der Waals surface area contributed by atoms with Crippen molar-refractivity contribution < 1.29 is 13.7 Å². The van der Waals surface area contributed by atoms with E-state index < -0.39 is 0 Å². The molecule has 0 N–H and O–H groups in total. The second-order valence-electron chi connectivity index (χ2n) is 6.34. The first kappa shape index (κ1) is 14.4. The number of hydrogen-bond donors (Lipinski definition) is 0. The van der Waals surface area contributed by atoms with Crippen LogP contribution in [0.15, 0.2) is 21.1 Å². The fourth-order valence-corrected chi connectivity index (χ4v) is 2.90. The lowest BCUT2D eigenvalue weighted by Gasteiger charge is -2.35. The van der Waals surface area contributed by atoms with Gasteiger partial charge in [0.05, 0.1) is 12.6 Å². The Hall–Kier alpha value is -2.15. The lowest BCUT2D eigenvalue weighted by molar-refractivity contribution is -0.122. The molecule has 4 rings (SSSR count). The van der Waals surface area contributed by atoms with E-state index in [1.165, 1.54) is 0 Å². The van der Waals surface area contributed by atoms with Gasteiger partial charge in [-0.1, -0.05) is 5.16 Å². The maximum atomic E-state index is 12.4. The number of aryl methyl sites for hydroxylation is 1. The highest BCUT2D eigenvalue weighted by molar-refractivity contribution is 5.94. The van der Waals surface area contributed by atoms with E-state index in [0.29, 0.717) is 30.8 Å². The van der Waals surface area contributed by atoms with Crippen LogP contribution >= 0.6 is 0 Å². The summed E-state index contributed by atoms with van der Waals surface area (Å²) in [7, 11) is 0. The molecule has 122 valence electrons. The van der Waals surface area contributed by atoms with E-state index >= 15 is 0 Å². The minimum absolute atomic E-state index is 0.0272. The topological polar surface area (TPSA) is 75.6 Å². The van der Waals surface area contributed by atoms with Gasteiger partial charge in [0.15, 0.2) is 5.82 Å². The zero-order chi connectivity index (χ0) is 16.0. The third-order valence-electron chi connectivity index (χ3n) is 4.55. The number of rotatable bonds is 4. The molecule has 2 aromatic heterocycles. The van der Waals surface area contributed by atoms with Crippen molar-refractivity contribution in [3.05, 3.63) is 29.6 Å². The van der Waals surface area contributed by atoms with Gasteiger partial charge in [-0.3, -0.25) is 14.6 Å². The molecule has 2 fully saturated rings. The van der Waals surface area contributed by atoms with E-state index in [4.69, 9.17) is 8.94 Å². The molecule has 0 aromatic carbocycles. The number of piperazine rings is 1. The summed E-state index contributed by atoms with van der Waals surface area (Å²) in [5, 5.41) is 4.06. The summed E-state index contributed by atoms with van der Waals surface area (Å²) < 4.78 is 10.9. The smallest absolute Gasteiger partial charge is 0.243 e. The van der Waals surface area contributed by atoms with Gasteiger partial charge in [-0.05, 0) is 32.8 Å². The van der Waals surface area contributed by atoms with Gasteiger partial charge >= 0.3 is 0 Å². The van der Waals surface area contributed by atoms with Crippen LogP contribution in [-0.2, 0) is 4.79 Å². The molecular weight excluding hydrogens is 296 g/mol. The molecule has 0 bridgehead atoms. The monoisotopic (exact) mass is 316 g/mol. The fourth-order valence-electron chi connectivity index (χ4n) is 2.90. The van der Waals surface area contributed by atoms with E-state index in [9.17, 15) is 4.79 Å². The Labute approximate surface area is 134 Å². The van der Waals surface area contributed by atoms with Crippen molar-refractivity contribution >= 4 is 11.8 Å². The molecule has 0 spiro atoms. The highest BCUT2D eigenvalue weighted by Crippen LogP contribution is 2.38. The molecule has 1 saturated heterocycles. The summed E-state index contributed by atoms with van der Waals surface area (Å²) in [6.07, 6.45) is 2.29. The maximum absolute atomic E-state index is 12.4. The van der Waals surface area contributed by atoms with E-state index in [1.807, 2.05) is 26.0 Å². The first-order valence-electron chi connectivity index (χ1n) is 8.06. The minimum Gasteiger partial charge on any atom is -0.445 e. The molecule has 2 aliphatic rings. The average molecular weight is 316 g/mol. The zero-order valence-electron chi connectivity index (χ0n) is 13.4. The van der Waals surface area contributed by atoms with Gasteiger partial charge in [-0.25, -0.2) is 0 Å². The van der Waals surface area contributed by atoms with Crippen molar-refractivity contribution in [3.8, 4) is 0 Å². The van der Waals surface area contributed by atoms with Crippen LogP contribution in [0.5, 0.6) is 0 Å². The third kappa shape index (κ3) is 2.76. The first-order chi connectivity index (χ1) is 11.1. The molecule has 23 heavy (non-hydrogen) atoms. The summed E-state index contributed by atoms with van der Waals surface area (Å²) >= 11 is 0. The zero-order valence-corrected chi connectivity index (χ0v) is 13.4. The number of aromatic nitrogens is 2. The largest absolute Gasteiger partial charge is 0.445 e. The van der Waals surface area contributed by atoms with Crippen molar-refractivity contribution in [2.75, 3.05) is 24.5 Å². The summed E-state index contributed by atoms with van der Waals surface area (Å²) in [4.78, 5) is 20.7. The Morgan fingerprint density at radius 2 is 2.13 bits per heavy atom.